The smallest absolute Gasteiger partial charge is 0.410 e. The number of esters is 1. The number of aromatic nitrogens is 3. The van der Waals surface area contributed by atoms with Crippen molar-refractivity contribution in [3.05, 3.63) is 70.4 Å². The van der Waals surface area contributed by atoms with Gasteiger partial charge >= 0.3 is 12.1 Å². The molecule has 0 unspecified atom stereocenters. The Morgan fingerprint density at radius 3 is 2.38 bits per heavy atom. The van der Waals surface area contributed by atoms with Crippen LogP contribution in [0, 0.1) is 6.92 Å². The first-order valence-corrected chi connectivity index (χ1v) is 18.0. The number of halogens is 1. The Morgan fingerprint density at radius 2 is 1.71 bits per heavy atom. The van der Waals surface area contributed by atoms with Gasteiger partial charge in [-0.05, 0) is 113 Å². The van der Waals surface area contributed by atoms with E-state index in [-0.39, 0.29) is 24.4 Å². The van der Waals surface area contributed by atoms with E-state index in [1.54, 1.807) is 11.3 Å². The molecule has 2 aromatic heterocycles. The lowest BCUT2D eigenvalue weighted by Crippen LogP contribution is -2.41. The fourth-order valence-corrected chi connectivity index (χ4v) is 7.98. The Labute approximate surface area is 290 Å². The topological polar surface area (TPSA) is 86.6 Å². The molecule has 0 spiro atoms. The number of ether oxygens (including phenoxy) is 2. The van der Waals surface area contributed by atoms with Crippen molar-refractivity contribution in [3.63, 3.8) is 0 Å². The van der Waals surface area contributed by atoms with Gasteiger partial charge in [0.15, 0.2) is 0 Å². The van der Waals surface area contributed by atoms with Gasteiger partial charge in [0.25, 0.3) is 0 Å². The molecule has 5 aromatic rings. The summed E-state index contributed by atoms with van der Waals surface area (Å²) < 4.78 is 14.2. The predicted molar refractivity (Wildman–Crippen MR) is 192 cm³/mol. The average Bonchev–Trinajstić information content (AvgIpc) is 3.69. The van der Waals surface area contributed by atoms with Gasteiger partial charge in [-0.15, -0.1) is 11.3 Å². The van der Waals surface area contributed by atoms with Crippen molar-refractivity contribution in [3.8, 4) is 21.7 Å². The zero-order valence-corrected chi connectivity index (χ0v) is 29.7. The van der Waals surface area contributed by atoms with E-state index in [9.17, 15) is 9.59 Å². The maximum Gasteiger partial charge on any atom is 0.410 e. The van der Waals surface area contributed by atoms with Crippen molar-refractivity contribution in [2.45, 2.75) is 84.3 Å². The fourth-order valence-electron chi connectivity index (χ4n) is 6.72. The van der Waals surface area contributed by atoms with Crippen LogP contribution in [-0.4, -0.2) is 57.0 Å². The minimum Gasteiger partial charge on any atom is -0.466 e. The molecule has 3 heterocycles. The van der Waals surface area contributed by atoms with Gasteiger partial charge < -0.3 is 14.4 Å². The number of carbonyl (C=O) groups is 2. The number of benzene rings is 3. The second kappa shape index (κ2) is 12.8. The number of amides is 1. The lowest BCUT2D eigenvalue weighted by Gasteiger charge is -2.33. The second-order valence-corrected chi connectivity index (χ2v) is 15.4. The first-order valence-electron chi connectivity index (χ1n) is 16.8. The molecule has 1 saturated carbocycles. The molecule has 0 atom stereocenters. The summed E-state index contributed by atoms with van der Waals surface area (Å²) >= 11 is 7.91. The molecule has 0 bridgehead atoms. The summed E-state index contributed by atoms with van der Waals surface area (Å²) in [6.07, 6.45) is 3.92. The minimum atomic E-state index is -0.513. The summed E-state index contributed by atoms with van der Waals surface area (Å²) in [5.41, 5.74) is 7.62. The van der Waals surface area contributed by atoms with E-state index in [0.29, 0.717) is 30.8 Å². The number of fused-ring (bicyclic) bond motifs is 2. The lowest BCUT2D eigenvalue weighted by atomic mass is 9.91. The average molecular weight is 685 g/mol. The third-order valence-corrected chi connectivity index (χ3v) is 10.6. The van der Waals surface area contributed by atoms with Crippen LogP contribution in [-0.2, 0) is 20.7 Å². The second-order valence-electron chi connectivity index (χ2n) is 13.9. The van der Waals surface area contributed by atoms with Crippen LogP contribution in [0.3, 0.4) is 0 Å². The molecule has 1 amide bonds. The Bertz CT molecular complexity index is 2010. The first kappa shape index (κ1) is 32.6. The van der Waals surface area contributed by atoms with Crippen molar-refractivity contribution < 1.29 is 19.1 Å². The van der Waals surface area contributed by atoms with Crippen LogP contribution in [0.5, 0.6) is 0 Å². The maximum absolute atomic E-state index is 12.7. The van der Waals surface area contributed by atoms with Crippen molar-refractivity contribution in [2.24, 2.45) is 0 Å². The molecule has 48 heavy (non-hydrogen) atoms. The van der Waals surface area contributed by atoms with E-state index in [2.05, 4.69) is 28.9 Å². The highest BCUT2D eigenvalue weighted by Gasteiger charge is 2.33. The van der Waals surface area contributed by atoms with Gasteiger partial charge in [-0.25, -0.2) is 9.78 Å². The summed E-state index contributed by atoms with van der Waals surface area (Å²) in [5, 5.41) is 7.95. The number of aryl methyl sites for hydroxylation is 1. The van der Waals surface area contributed by atoms with Crippen molar-refractivity contribution in [2.75, 3.05) is 19.7 Å². The third-order valence-electron chi connectivity index (χ3n) is 9.18. The summed E-state index contributed by atoms with van der Waals surface area (Å²) in [6, 6.07) is 16.9. The summed E-state index contributed by atoms with van der Waals surface area (Å²) in [5.74, 6) is 0.00359. The van der Waals surface area contributed by atoms with Gasteiger partial charge in [-0.3, -0.25) is 9.48 Å². The van der Waals surface area contributed by atoms with Gasteiger partial charge in [0.05, 0.1) is 40.5 Å². The molecule has 10 heteroatoms. The SMILES string of the molecule is CCOC(=O)Cc1c(C)cc2nc(-c3ccc4c(c3)c(C3CCN(C(=O)OC(C)(C)C)CC3)nn4C3CC3)sc2c1-c1ccc(Cl)cc1. The van der Waals surface area contributed by atoms with Crippen LogP contribution in [0.1, 0.15) is 82.2 Å². The summed E-state index contributed by atoms with van der Waals surface area (Å²) in [7, 11) is 0. The largest absolute Gasteiger partial charge is 0.466 e. The Balaban J connectivity index is 1.27. The highest BCUT2D eigenvalue weighted by atomic mass is 35.5. The number of hydrogen-bond donors (Lipinski definition) is 0. The zero-order chi connectivity index (χ0) is 33.7. The monoisotopic (exact) mass is 684 g/mol. The molecule has 1 saturated heterocycles. The fraction of sp³-hybridized carbons (Fsp3) is 0.421. The Morgan fingerprint density at radius 1 is 1.00 bits per heavy atom. The zero-order valence-electron chi connectivity index (χ0n) is 28.1. The number of thiazole rings is 1. The minimum absolute atomic E-state index is 0.184. The molecule has 7 rings (SSSR count). The molecule has 0 radical (unpaired) electrons. The quantitative estimate of drug-likeness (QED) is 0.159. The molecule has 0 N–H and O–H groups in total. The van der Waals surface area contributed by atoms with Crippen LogP contribution in [0.15, 0.2) is 48.5 Å². The van der Waals surface area contributed by atoms with Crippen LogP contribution in [0.2, 0.25) is 5.02 Å². The standard InChI is InChI=1S/C38H41ClN4O4S/c1-6-46-32(44)21-28-22(2)19-30-35(33(28)23-7-10-26(39)11-8-23)48-36(40-30)25-9-14-31-29(20-25)34(41-43(31)27-12-13-27)24-15-17-42(18-16-24)37(45)47-38(3,4)5/h7-11,14,19-20,24,27H,6,12-13,15-18,21H2,1-5H3. The first-order chi connectivity index (χ1) is 23.0. The predicted octanol–water partition coefficient (Wildman–Crippen LogP) is 9.50. The molecule has 1 aliphatic carbocycles. The normalized spacial score (nSPS) is 15.8. The molecule has 2 aliphatic rings. The van der Waals surface area contributed by atoms with E-state index in [1.807, 2.05) is 63.8 Å². The Hall–Kier alpha value is -3.95. The number of carbonyl (C=O) groups excluding carboxylic acids is 2. The number of hydrogen-bond acceptors (Lipinski definition) is 7. The molecule has 8 nitrogen and oxygen atoms in total. The van der Waals surface area contributed by atoms with Gasteiger partial charge in [0.2, 0.25) is 0 Å². The van der Waals surface area contributed by atoms with Crippen LogP contribution < -0.4 is 0 Å². The van der Waals surface area contributed by atoms with Crippen LogP contribution >= 0.6 is 22.9 Å². The summed E-state index contributed by atoms with van der Waals surface area (Å²) in [4.78, 5) is 32.5. The third kappa shape index (κ3) is 6.54. The highest BCUT2D eigenvalue weighted by molar-refractivity contribution is 7.22. The summed E-state index contributed by atoms with van der Waals surface area (Å²) in [6.45, 7) is 11.2. The van der Waals surface area contributed by atoms with E-state index in [4.69, 9.17) is 31.2 Å². The van der Waals surface area contributed by atoms with E-state index >= 15 is 0 Å². The number of nitrogens with zero attached hydrogens (tertiary/aromatic N) is 4. The maximum atomic E-state index is 12.7. The molecule has 1 aliphatic heterocycles. The van der Waals surface area contributed by atoms with Gasteiger partial charge in [-0.1, -0.05) is 23.7 Å². The van der Waals surface area contributed by atoms with E-state index in [1.165, 1.54) is 0 Å². The lowest BCUT2D eigenvalue weighted by molar-refractivity contribution is -0.142. The number of piperidine rings is 1. The molecule has 250 valence electrons. The highest BCUT2D eigenvalue weighted by Crippen LogP contribution is 2.44. The molecule has 3 aromatic carbocycles. The van der Waals surface area contributed by atoms with Crippen LogP contribution in [0.4, 0.5) is 4.79 Å². The number of likely N-dealkylation sites (tertiary alicyclic amines) is 1. The van der Waals surface area contributed by atoms with E-state index in [0.717, 1.165) is 85.3 Å². The van der Waals surface area contributed by atoms with Crippen molar-refractivity contribution in [1.29, 1.82) is 0 Å². The van der Waals surface area contributed by atoms with Gasteiger partial charge in [0, 0.05) is 40.5 Å². The molecular weight excluding hydrogens is 644 g/mol. The van der Waals surface area contributed by atoms with Crippen molar-refractivity contribution >= 4 is 56.1 Å². The van der Waals surface area contributed by atoms with Crippen molar-refractivity contribution in [1.82, 2.24) is 19.7 Å². The molecular formula is C38H41ClN4O4S. The van der Waals surface area contributed by atoms with Gasteiger partial charge in [-0.2, -0.15) is 5.10 Å². The van der Waals surface area contributed by atoms with E-state index < -0.39 is 5.60 Å². The van der Waals surface area contributed by atoms with Gasteiger partial charge in [0.1, 0.15) is 10.6 Å². The Kier molecular flexibility index (Phi) is 8.71. The molecule has 2 fully saturated rings. The van der Waals surface area contributed by atoms with Crippen LogP contribution in [0.25, 0.3) is 42.8 Å². The number of rotatable bonds is 7.